The molecule has 0 aliphatic carbocycles. The predicted octanol–water partition coefficient (Wildman–Crippen LogP) is 4.24. The fourth-order valence-electron chi connectivity index (χ4n) is 1.62. The van der Waals surface area contributed by atoms with E-state index in [9.17, 15) is 13.2 Å². The van der Waals surface area contributed by atoms with Crippen LogP contribution in [0.5, 0.6) is 5.75 Å². The lowest BCUT2D eigenvalue weighted by atomic mass is 10.2. The standard InChI is InChI=1S/C14H12ClF3N2O/c15-12-8-10(14(16,17)18)9-13(20-12)19-6-7-21-11-4-2-1-3-5-11/h1-5,8-9H,6-7H2,(H,19,20). The minimum absolute atomic E-state index is 0.0616. The zero-order valence-corrected chi connectivity index (χ0v) is 11.6. The Labute approximate surface area is 124 Å². The normalized spacial score (nSPS) is 11.2. The van der Waals surface area contributed by atoms with Gasteiger partial charge in [-0.2, -0.15) is 13.2 Å². The first-order valence-electron chi connectivity index (χ1n) is 6.11. The van der Waals surface area contributed by atoms with Crippen LogP contribution in [0.2, 0.25) is 5.15 Å². The Bertz CT molecular complexity index is 591. The monoisotopic (exact) mass is 316 g/mol. The fourth-order valence-corrected chi connectivity index (χ4v) is 1.82. The van der Waals surface area contributed by atoms with Crippen LogP contribution in [-0.4, -0.2) is 18.1 Å². The van der Waals surface area contributed by atoms with E-state index >= 15 is 0 Å². The van der Waals surface area contributed by atoms with E-state index in [-0.39, 0.29) is 11.0 Å². The highest BCUT2D eigenvalue weighted by Gasteiger charge is 2.31. The van der Waals surface area contributed by atoms with Crippen molar-refractivity contribution >= 4 is 17.4 Å². The van der Waals surface area contributed by atoms with Gasteiger partial charge in [0.2, 0.25) is 0 Å². The third kappa shape index (κ3) is 4.82. The molecule has 0 radical (unpaired) electrons. The molecule has 7 heteroatoms. The maximum absolute atomic E-state index is 12.6. The fraction of sp³-hybridized carbons (Fsp3) is 0.214. The number of ether oxygens (including phenoxy) is 1. The summed E-state index contributed by atoms with van der Waals surface area (Å²) in [7, 11) is 0. The number of benzene rings is 1. The molecule has 2 aromatic rings. The second-order valence-electron chi connectivity index (χ2n) is 4.15. The summed E-state index contributed by atoms with van der Waals surface area (Å²) in [5, 5.41) is 2.54. The van der Waals surface area contributed by atoms with Gasteiger partial charge in [-0.1, -0.05) is 29.8 Å². The summed E-state index contributed by atoms with van der Waals surface area (Å²) >= 11 is 5.58. The van der Waals surface area contributed by atoms with E-state index < -0.39 is 11.7 Å². The Kier molecular flexibility index (Phi) is 4.90. The number of rotatable bonds is 5. The minimum atomic E-state index is -4.45. The second-order valence-corrected chi connectivity index (χ2v) is 4.54. The van der Waals surface area contributed by atoms with Gasteiger partial charge in [0.15, 0.2) is 0 Å². The van der Waals surface area contributed by atoms with E-state index in [2.05, 4.69) is 10.3 Å². The Morgan fingerprint density at radius 2 is 1.86 bits per heavy atom. The van der Waals surface area contributed by atoms with E-state index in [0.717, 1.165) is 12.1 Å². The van der Waals surface area contributed by atoms with Crippen molar-refractivity contribution in [2.24, 2.45) is 0 Å². The van der Waals surface area contributed by atoms with Crippen LogP contribution in [0.25, 0.3) is 0 Å². The lowest BCUT2D eigenvalue weighted by Crippen LogP contribution is -2.13. The molecule has 0 amide bonds. The summed E-state index contributed by atoms with van der Waals surface area (Å²) in [6.07, 6.45) is -4.45. The molecule has 3 nitrogen and oxygen atoms in total. The maximum atomic E-state index is 12.6. The van der Waals surface area contributed by atoms with Gasteiger partial charge in [-0.3, -0.25) is 0 Å². The smallest absolute Gasteiger partial charge is 0.416 e. The first-order chi connectivity index (χ1) is 9.95. The van der Waals surface area contributed by atoms with E-state index in [0.29, 0.717) is 18.9 Å². The van der Waals surface area contributed by atoms with Crippen molar-refractivity contribution < 1.29 is 17.9 Å². The number of anilines is 1. The molecule has 1 heterocycles. The number of hydrogen-bond donors (Lipinski definition) is 1. The van der Waals surface area contributed by atoms with Crippen molar-refractivity contribution in [2.75, 3.05) is 18.5 Å². The Morgan fingerprint density at radius 1 is 1.14 bits per heavy atom. The van der Waals surface area contributed by atoms with Crippen LogP contribution in [0.15, 0.2) is 42.5 Å². The van der Waals surface area contributed by atoms with Crippen LogP contribution in [0.3, 0.4) is 0 Å². The van der Waals surface area contributed by atoms with Crippen molar-refractivity contribution in [2.45, 2.75) is 6.18 Å². The van der Waals surface area contributed by atoms with Crippen molar-refractivity contribution in [3.8, 4) is 5.75 Å². The highest BCUT2D eigenvalue weighted by Crippen LogP contribution is 2.31. The predicted molar refractivity (Wildman–Crippen MR) is 74.7 cm³/mol. The molecule has 0 saturated heterocycles. The summed E-state index contributed by atoms with van der Waals surface area (Å²) in [6, 6.07) is 10.8. The summed E-state index contributed by atoms with van der Waals surface area (Å²) in [5.41, 5.74) is -0.839. The second kappa shape index (κ2) is 6.67. The van der Waals surface area contributed by atoms with Crippen molar-refractivity contribution in [3.63, 3.8) is 0 Å². The number of nitrogens with one attached hydrogen (secondary N) is 1. The minimum Gasteiger partial charge on any atom is -0.492 e. The van der Waals surface area contributed by atoms with Crippen LogP contribution in [0.1, 0.15) is 5.56 Å². The lowest BCUT2D eigenvalue weighted by Gasteiger charge is -2.11. The van der Waals surface area contributed by atoms with Crippen LogP contribution in [-0.2, 0) is 6.18 Å². The molecule has 112 valence electrons. The SMILES string of the molecule is FC(F)(F)c1cc(Cl)nc(NCCOc2ccccc2)c1. The topological polar surface area (TPSA) is 34.2 Å². The highest BCUT2D eigenvalue weighted by atomic mass is 35.5. The zero-order chi connectivity index (χ0) is 15.3. The molecule has 1 N–H and O–H groups in total. The average Bonchev–Trinajstić information content (AvgIpc) is 2.43. The highest BCUT2D eigenvalue weighted by molar-refractivity contribution is 6.29. The molecule has 0 saturated carbocycles. The van der Waals surface area contributed by atoms with E-state index in [1.807, 2.05) is 18.2 Å². The van der Waals surface area contributed by atoms with Crippen LogP contribution in [0, 0.1) is 0 Å². The summed E-state index contributed by atoms with van der Waals surface area (Å²) in [5.74, 6) is 0.751. The van der Waals surface area contributed by atoms with Crippen molar-refractivity contribution in [1.29, 1.82) is 0 Å². The molecule has 0 aliphatic rings. The third-order valence-electron chi connectivity index (χ3n) is 2.54. The van der Waals surface area contributed by atoms with Crippen molar-refractivity contribution in [3.05, 3.63) is 53.2 Å². The van der Waals surface area contributed by atoms with Gasteiger partial charge in [0, 0.05) is 0 Å². The quantitative estimate of drug-likeness (QED) is 0.661. The first kappa shape index (κ1) is 15.4. The number of para-hydroxylation sites is 1. The number of halogens is 4. The van der Waals surface area contributed by atoms with Gasteiger partial charge in [0.25, 0.3) is 0 Å². The molecular weight excluding hydrogens is 305 g/mol. The summed E-state index contributed by atoms with van der Waals surface area (Å²) < 4.78 is 43.3. The molecule has 0 fully saturated rings. The van der Waals surface area contributed by atoms with Gasteiger partial charge < -0.3 is 10.1 Å². The molecular formula is C14H12ClF3N2O. The van der Waals surface area contributed by atoms with Gasteiger partial charge in [-0.25, -0.2) is 4.98 Å². The van der Waals surface area contributed by atoms with Crippen LogP contribution in [0.4, 0.5) is 19.0 Å². The van der Waals surface area contributed by atoms with E-state index in [1.54, 1.807) is 12.1 Å². The molecule has 1 aromatic heterocycles. The van der Waals surface area contributed by atoms with Gasteiger partial charge in [0.05, 0.1) is 12.1 Å². The molecule has 1 aromatic carbocycles. The maximum Gasteiger partial charge on any atom is 0.416 e. The van der Waals surface area contributed by atoms with Gasteiger partial charge in [-0.15, -0.1) is 0 Å². The molecule has 0 unspecified atom stereocenters. The molecule has 0 atom stereocenters. The number of nitrogens with zero attached hydrogens (tertiary/aromatic N) is 1. The Morgan fingerprint density at radius 3 is 2.52 bits per heavy atom. The number of pyridine rings is 1. The average molecular weight is 317 g/mol. The Balaban J connectivity index is 1.90. The van der Waals surface area contributed by atoms with Gasteiger partial charge in [-0.05, 0) is 24.3 Å². The summed E-state index contributed by atoms with van der Waals surface area (Å²) in [4.78, 5) is 3.79. The molecule has 0 bridgehead atoms. The van der Waals surface area contributed by atoms with Crippen LogP contribution >= 0.6 is 11.6 Å². The molecule has 0 spiro atoms. The number of alkyl halides is 3. The number of hydrogen-bond acceptors (Lipinski definition) is 3. The molecule has 0 aliphatic heterocycles. The largest absolute Gasteiger partial charge is 0.492 e. The molecule has 21 heavy (non-hydrogen) atoms. The zero-order valence-electron chi connectivity index (χ0n) is 10.8. The van der Waals surface area contributed by atoms with Crippen molar-refractivity contribution in [1.82, 2.24) is 4.98 Å². The first-order valence-corrected chi connectivity index (χ1v) is 6.49. The van der Waals surface area contributed by atoms with E-state index in [1.165, 1.54) is 0 Å². The van der Waals surface area contributed by atoms with Gasteiger partial charge in [0.1, 0.15) is 23.3 Å². The van der Waals surface area contributed by atoms with Gasteiger partial charge >= 0.3 is 6.18 Å². The summed E-state index contributed by atoms with van der Waals surface area (Å²) in [6.45, 7) is 0.596. The van der Waals surface area contributed by atoms with E-state index in [4.69, 9.17) is 16.3 Å². The molecule has 2 rings (SSSR count). The third-order valence-corrected chi connectivity index (χ3v) is 2.74. The lowest BCUT2D eigenvalue weighted by molar-refractivity contribution is -0.137. The van der Waals surface area contributed by atoms with Crippen LogP contribution < -0.4 is 10.1 Å². The number of aromatic nitrogens is 1. The Hall–Kier alpha value is -1.95.